The molecule has 0 aromatic heterocycles. The van der Waals surface area contributed by atoms with E-state index in [0.717, 1.165) is 6.07 Å². The number of carbonyl (C=O) groups excluding carboxylic acids is 1. The number of aldehydes is 1. The molecule has 12 heavy (non-hydrogen) atoms. The molecule has 0 unspecified atom stereocenters. The molecule has 1 rings (SSSR count). The van der Waals surface area contributed by atoms with Crippen LogP contribution in [-0.2, 0) is 0 Å². The fourth-order valence-corrected chi connectivity index (χ4v) is 0.822. The first-order chi connectivity index (χ1) is 5.57. The molecule has 0 atom stereocenters. The molecule has 0 saturated heterocycles. The second kappa shape index (κ2) is 2.61. The van der Waals surface area contributed by atoms with Gasteiger partial charge in [0, 0.05) is 6.07 Å². The number of rotatable bonds is 1. The van der Waals surface area contributed by atoms with E-state index < -0.39 is 5.75 Å². The Kier molecular flexibility index (Phi) is 1.78. The molecule has 0 amide bonds. The zero-order valence-electron chi connectivity index (χ0n) is 6.11. The Bertz CT molecular complexity index is 336. The van der Waals surface area contributed by atoms with E-state index in [0.29, 0.717) is 6.29 Å². The van der Waals surface area contributed by atoms with Crippen LogP contribution < -0.4 is 11.5 Å². The van der Waals surface area contributed by atoms with Crippen molar-refractivity contribution in [1.82, 2.24) is 0 Å². The lowest BCUT2D eigenvalue weighted by molar-refractivity contribution is 0.111. The van der Waals surface area contributed by atoms with Crippen molar-refractivity contribution < 1.29 is 15.0 Å². The minimum Gasteiger partial charge on any atom is -0.507 e. The predicted molar refractivity (Wildman–Crippen MR) is 44.0 cm³/mol. The van der Waals surface area contributed by atoms with Crippen molar-refractivity contribution in [3.63, 3.8) is 0 Å². The van der Waals surface area contributed by atoms with Crippen LogP contribution in [0.3, 0.4) is 0 Å². The maximum atomic E-state index is 10.3. The van der Waals surface area contributed by atoms with Gasteiger partial charge in [0.25, 0.3) is 0 Å². The van der Waals surface area contributed by atoms with E-state index in [2.05, 4.69) is 0 Å². The van der Waals surface area contributed by atoms with Crippen molar-refractivity contribution >= 4 is 17.7 Å². The summed E-state index contributed by atoms with van der Waals surface area (Å²) in [4.78, 5) is 10.3. The van der Waals surface area contributed by atoms with Gasteiger partial charge in [0.15, 0.2) is 12.0 Å². The summed E-state index contributed by atoms with van der Waals surface area (Å²) in [5, 5.41) is 18.2. The predicted octanol–water partition coefficient (Wildman–Crippen LogP) is 0.0747. The summed E-state index contributed by atoms with van der Waals surface area (Å²) in [6.45, 7) is 0. The maximum absolute atomic E-state index is 10.3. The van der Waals surface area contributed by atoms with E-state index in [-0.39, 0.29) is 22.7 Å². The van der Waals surface area contributed by atoms with Crippen LogP contribution >= 0.6 is 0 Å². The van der Waals surface area contributed by atoms with Gasteiger partial charge in [-0.05, 0) is 0 Å². The fourth-order valence-electron chi connectivity index (χ4n) is 0.822. The fraction of sp³-hybridized carbons (Fsp3) is 0. The molecule has 5 heteroatoms. The molecule has 1 aromatic carbocycles. The van der Waals surface area contributed by atoms with E-state index in [4.69, 9.17) is 21.7 Å². The van der Waals surface area contributed by atoms with Gasteiger partial charge in [-0.15, -0.1) is 0 Å². The molecule has 64 valence electrons. The second-order valence-corrected chi connectivity index (χ2v) is 2.28. The molecule has 0 bridgehead atoms. The Hall–Kier alpha value is -1.91. The first-order valence-electron chi connectivity index (χ1n) is 3.13. The maximum Gasteiger partial charge on any atom is 0.157 e. The van der Waals surface area contributed by atoms with Gasteiger partial charge in [0.05, 0.1) is 11.4 Å². The standard InChI is InChI=1S/C7H8N2O3/c8-4-1-5(11)3(2-10)7(12)6(4)9/h1-2,11-12H,8-9H2. The van der Waals surface area contributed by atoms with Gasteiger partial charge in [0.1, 0.15) is 11.3 Å². The summed E-state index contributed by atoms with van der Waals surface area (Å²) in [5.41, 5.74) is 10.3. The Morgan fingerprint density at radius 1 is 1.33 bits per heavy atom. The summed E-state index contributed by atoms with van der Waals surface area (Å²) in [6.07, 6.45) is 0.306. The molecular weight excluding hydrogens is 160 g/mol. The van der Waals surface area contributed by atoms with Crippen LogP contribution in [-0.4, -0.2) is 16.5 Å². The van der Waals surface area contributed by atoms with E-state index >= 15 is 0 Å². The normalized spacial score (nSPS) is 9.67. The number of benzene rings is 1. The Morgan fingerprint density at radius 2 is 1.92 bits per heavy atom. The average Bonchev–Trinajstić information content (AvgIpc) is 2.01. The summed E-state index contributed by atoms with van der Waals surface area (Å²) in [7, 11) is 0. The molecule has 0 radical (unpaired) electrons. The molecule has 0 aliphatic heterocycles. The van der Waals surface area contributed by atoms with Crippen LogP contribution in [0.25, 0.3) is 0 Å². The third kappa shape index (κ3) is 1.01. The van der Waals surface area contributed by atoms with Gasteiger partial charge in [-0.25, -0.2) is 0 Å². The molecule has 0 aliphatic carbocycles. The smallest absolute Gasteiger partial charge is 0.157 e. The van der Waals surface area contributed by atoms with Crippen LogP contribution in [0.15, 0.2) is 6.07 Å². The van der Waals surface area contributed by atoms with Crippen molar-refractivity contribution in [1.29, 1.82) is 0 Å². The van der Waals surface area contributed by atoms with Crippen LogP contribution in [0.1, 0.15) is 10.4 Å². The van der Waals surface area contributed by atoms with Gasteiger partial charge in [-0.1, -0.05) is 0 Å². The van der Waals surface area contributed by atoms with E-state index in [1.807, 2.05) is 0 Å². The van der Waals surface area contributed by atoms with Crippen molar-refractivity contribution in [2.75, 3.05) is 11.5 Å². The number of anilines is 2. The first kappa shape index (κ1) is 8.19. The molecule has 0 heterocycles. The molecule has 6 N–H and O–H groups in total. The highest BCUT2D eigenvalue weighted by Crippen LogP contribution is 2.35. The monoisotopic (exact) mass is 168 g/mol. The summed E-state index contributed by atoms with van der Waals surface area (Å²) >= 11 is 0. The first-order valence-corrected chi connectivity index (χ1v) is 3.13. The highest BCUT2D eigenvalue weighted by Gasteiger charge is 2.12. The second-order valence-electron chi connectivity index (χ2n) is 2.28. The molecular formula is C7H8N2O3. The van der Waals surface area contributed by atoms with Crippen LogP contribution in [0.5, 0.6) is 11.5 Å². The molecule has 0 saturated carbocycles. The lowest BCUT2D eigenvalue weighted by Crippen LogP contribution is -1.97. The van der Waals surface area contributed by atoms with E-state index in [1.165, 1.54) is 0 Å². The van der Waals surface area contributed by atoms with Gasteiger partial charge in [-0.2, -0.15) is 0 Å². The third-order valence-electron chi connectivity index (χ3n) is 1.51. The zero-order chi connectivity index (χ0) is 9.30. The lowest BCUT2D eigenvalue weighted by atomic mass is 10.1. The average molecular weight is 168 g/mol. The molecule has 0 fully saturated rings. The topological polar surface area (TPSA) is 110 Å². The number of hydrogen-bond acceptors (Lipinski definition) is 5. The Morgan fingerprint density at radius 3 is 2.42 bits per heavy atom. The van der Waals surface area contributed by atoms with E-state index in [9.17, 15) is 4.79 Å². The quantitative estimate of drug-likeness (QED) is 0.205. The number of nitrogen functional groups attached to an aromatic ring is 2. The number of phenols is 2. The highest BCUT2D eigenvalue weighted by atomic mass is 16.3. The Balaban J connectivity index is 3.51. The Labute approximate surface area is 68.2 Å². The summed E-state index contributed by atoms with van der Waals surface area (Å²) in [5.74, 6) is -0.864. The number of phenolic OH excluding ortho intramolecular Hbond substituents is 2. The third-order valence-corrected chi connectivity index (χ3v) is 1.51. The summed E-state index contributed by atoms with van der Waals surface area (Å²) in [6, 6.07) is 1.11. The van der Waals surface area contributed by atoms with Crippen LogP contribution in [0.4, 0.5) is 11.4 Å². The molecule has 0 spiro atoms. The number of nitrogens with two attached hydrogens (primary N) is 2. The van der Waals surface area contributed by atoms with Crippen LogP contribution in [0.2, 0.25) is 0 Å². The zero-order valence-corrected chi connectivity index (χ0v) is 6.11. The molecule has 5 nitrogen and oxygen atoms in total. The SMILES string of the molecule is Nc1cc(O)c(C=O)c(O)c1N. The number of carbonyl (C=O) groups is 1. The van der Waals surface area contributed by atoms with Crippen molar-refractivity contribution in [2.45, 2.75) is 0 Å². The summed E-state index contributed by atoms with van der Waals surface area (Å²) < 4.78 is 0. The van der Waals surface area contributed by atoms with Crippen molar-refractivity contribution in [2.24, 2.45) is 0 Å². The van der Waals surface area contributed by atoms with Gasteiger partial charge in [0.2, 0.25) is 0 Å². The minimum absolute atomic E-state index is 0.0376. The van der Waals surface area contributed by atoms with E-state index in [1.54, 1.807) is 0 Å². The minimum atomic E-state index is -0.484. The lowest BCUT2D eigenvalue weighted by Gasteiger charge is -2.06. The van der Waals surface area contributed by atoms with Gasteiger partial charge >= 0.3 is 0 Å². The number of hydrogen-bond donors (Lipinski definition) is 4. The number of aromatic hydroxyl groups is 2. The van der Waals surface area contributed by atoms with Gasteiger partial charge < -0.3 is 21.7 Å². The molecule has 0 aliphatic rings. The van der Waals surface area contributed by atoms with Gasteiger partial charge in [-0.3, -0.25) is 4.79 Å². The molecule has 1 aromatic rings. The highest BCUT2D eigenvalue weighted by molar-refractivity contribution is 5.90. The van der Waals surface area contributed by atoms with Crippen molar-refractivity contribution in [3.05, 3.63) is 11.6 Å². The van der Waals surface area contributed by atoms with Crippen LogP contribution in [0, 0.1) is 0 Å². The largest absolute Gasteiger partial charge is 0.507 e. The van der Waals surface area contributed by atoms with Crippen molar-refractivity contribution in [3.8, 4) is 11.5 Å².